The van der Waals surface area contributed by atoms with Crippen LogP contribution >= 0.6 is 0 Å². The number of carbonyl (C=O) groups excluding carboxylic acids is 1. The first-order chi connectivity index (χ1) is 3.31. The van der Waals surface area contributed by atoms with Gasteiger partial charge in [0.05, 0.1) is 0 Å². The van der Waals surface area contributed by atoms with Crippen molar-refractivity contribution in [2.24, 2.45) is 0 Å². The maximum Gasteiger partial charge on any atom is 0.235 e. The molecule has 0 fully saturated rings. The lowest BCUT2D eigenvalue weighted by atomic mass is 10.3. The van der Waals surface area contributed by atoms with Crippen molar-refractivity contribution in [3.63, 3.8) is 0 Å². The maximum atomic E-state index is 11.5. The summed E-state index contributed by atoms with van der Waals surface area (Å²) < 4.78 is 11.5. The maximum absolute atomic E-state index is 11.5. The summed E-state index contributed by atoms with van der Waals surface area (Å²) in [5, 5.41) is 7.95. The van der Waals surface area contributed by atoms with E-state index < -0.39 is 6.17 Å². The Balaban J connectivity index is 2.98. The van der Waals surface area contributed by atoms with E-state index in [9.17, 15) is 9.18 Å². The molecular weight excluding hydrogens is 99.0 g/mol. The van der Waals surface area contributed by atoms with Crippen molar-refractivity contribution in [1.82, 2.24) is 0 Å². The van der Waals surface area contributed by atoms with Gasteiger partial charge in [-0.15, -0.1) is 0 Å². The quantitative estimate of drug-likeness (QED) is 0.540. The van der Waals surface area contributed by atoms with E-state index in [0.29, 0.717) is 0 Å². The Morgan fingerprint density at radius 3 is 2.57 bits per heavy atom. The average Bonchev–Trinajstić information content (AvgIpc) is 1.68. The number of halogens is 1. The SMILES string of the molecule is O=[C]C(F)CCO. The number of rotatable bonds is 3. The van der Waals surface area contributed by atoms with Crippen LogP contribution in [0.15, 0.2) is 0 Å². The van der Waals surface area contributed by atoms with Gasteiger partial charge in [0.25, 0.3) is 0 Å². The molecule has 1 unspecified atom stereocenters. The second-order valence-corrected chi connectivity index (χ2v) is 1.10. The van der Waals surface area contributed by atoms with E-state index in [4.69, 9.17) is 5.11 Å². The molecule has 1 atom stereocenters. The molecule has 41 valence electrons. The minimum absolute atomic E-state index is 0.135. The molecule has 0 aromatic heterocycles. The van der Waals surface area contributed by atoms with Crippen molar-refractivity contribution in [3.05, 3.63) is 0 Å². The summed E-state index contributed by atoms with van der Waals surface area (Å²) in [4.78, 5) is 9.28. The highest BCUT2D eigenvalue weighted by Gasteiger charge is 2.01. The molecule has 1 N–H and O–H groups in total. The van der Waals surface area contributed by atoms with Gasteiger partial charge in [0.1, 0.15) is 0 Å². The van der Waals surface area contributed by atoms with E-state index in [0.717, 1.165) is 6.29 Å². The normalized spacial score (nSPS) is 13.4. The first-order valence-corrected chi connectivity index (χ1v) is 1.94. The van der Waals surface area contributed by atoms with Crippen LogP contribution < -0.4 is 0 Å². The molecule has 0 aliphatic rings. The van der Waals surface area contributed by atoms with E-state index >= 15 is 0 Å². The summed E-state index contributed by atoms with van der Waals surface area (Å²) in [6.45, 7) is -0.295. The summed E-state index contributed by atoms with van der Waals surface area (Å²) >= 11 is 0. The van der Waals surface area contributed by atoms with Crippen LogP contribution in [-0.2, 0) is 4.79 Å². The van der Waals surface area contributed by atoms with E-state index in [-0.39, 0.29) is 13.0 Å². The van der Waals surface area contributed by atoms with Gasteiger partial charge in [-0.1, -0.05) is 0 Å². The summed E-state index contributed by atoms with van der Waals surface area (Å²) in [5.41, 5.74) is 0. The van der Waals surface area contributed by atoms with Gasteiger partial charge in [0.15, 0.2) is 6.17 Å². The third kappa shape index (κ3) is 3.39. The third-order valence-electron chi connectivity index (χ3n) is 0.510. The molecule has 2 nitrogen and oxygen atoms in total. The fourth-order valence-electron chi connectivity index (χ4n) is 0.172. The van der Waals surface area contributed by atoms with Gasteiger partial charge >= 0.3 is 0 Å². The van der Waals surface area contributed by atoms with Gasteiger partial charge in [0.2, 0.25) is 6.29 Å². The number of hydrogen-bond donors (Lipinski definition) is 1. The monoisotopic (exact) mass is 105 g/mol. The van der Waals surface area contributed by atoms with Gasteiger partial charge in [-0.3, -0.25) is 4.79 Å². The highest BCUT2D eigenvalue weighted by molar-refractivity contribution is 5.56. The van der Waals surface area contributed by atoms with Crippen LogP contribution in [0, 0.1) is 0 Å². The molecule has 0 heterocycles. The lowest BCUT2D eigenvalue weighted by molar-refractivity contribution is 0.248. The van der Waals surface area contributed by atoms with Crippen LogP contribution in [0.25, 0.3) is 0 Å². The van der Waals surface area contributed by atoms with Crippen molar-refractivity contribution in [3.8, 4) is 0 Å². The molecule has 1 radical (unpaired) electrons. The average molecular weight is 105 g/mol. The largest absolute Gasteiger partial charge is 0.396 e. The summed E-state index contributed by atoms with van der Waals surface area (Å²) in [5.74, 6) is 0. The molecule has 0 bridgehead atoms. The first-order valence-electron chi connectivity index (χ1n) is 1.94. The molecular formula is C4H6FO2. The van der Waals surface area contributed by atoms with Crippen LogP contribution in [-0.4, -0.2) is 24.2 Å². The molecule has 0 aromatic rings. The molecule has 0 spiro atoms. The Bertz CT molecular complexity index is 55.7. The second kappa shape index (κ2) is 3.74. The smallest absolute Gasteiger partial charge is 0.235 e. The molecule has 0 rings (SSSR count). The summed E-state index contributed by atoms with van der Waals surface area (Å²) in [7, 11) is 0. The van der Waals surface area contributed by atoms with E-state index in [2.05, 4.69) is 0 Å². The van der Waals surface area contributed by atoms with Crippen molar-refractivity contribution >= 4 is 6.29 Å². The van der Waals surface area contributed by atoms with E-state index in [1.807, 2.05) is 0 Å². The standard InChI is InChI=1S/C4H6FO2/c5-4(3-7)1-2-6/h4,6H,1-2H2. The fourth-order valence-corrected chi connectivity index (χ4v) is 0.172. The minimum Gasteiger partial charge on any atom is -0.396 e. The molecule has 0 aromatic carbocycles. The van der Waals surface area contributed by atoms with Gasteiger partial charge in [-0.2, -0.15) is 0 Å². The lowest BCUT2D eigenvalue weighted by Crippen LogP contribution is -2.02. The molecule has 0 amide bonds. The van der Waals surface area contributed by atoms with Gasteiger partial charge < -0.3 is 5.11 Å². The second-order valence-electron chi connectivity index (χ2n) is 1.10. The Labute approximate surface area is 41.0 Å². The van der Waals surface area contributed by atoms with Gasteiger partial charge in [0, 0.05) is 13.0 Å². The fraction of sp³-hybridized carbons (Fsp3) is 0.750. The molecule has 0 saturated heterocycles. The van der Waals surface area contributed by atoms with Crippen LogP contribution in [0.5, 0.6) is 0 Å². The lowest BCUT2D eigenvalue weighted by Gasteiger charge is -1.89. The Morgan fingerprint density at radius 2 is 2.43 bits per heavy atom. The molecule has 0 saturated carbocycles. The van der Waals surface area contributed by atoms with Gasteiger partial charge in [-0.05, 0) is 0 Å². The zero-order valence-electron chi connectivity index (χ0n) is 3.72. The van der Waals surface area contributed by atoms with E-state index in [1.54, 1.807) is 0 Å². The topological polar surface area (TPSA) is 37.3 Å². The highest BCUT2D eigenvalue weighted by Crippen LogP contribution is 1.89. The number of alkyl halides is 1. The summed E-state index contributed by atoms with van der Waals surface area (Å²) in [6, 6.07) is 0. The minimum atomic E-state index is -1.61. The van der Waals surface area contributed by atoms with Crippen LogP contribution in [0.3, 0.4) is 0 Å². The predicted octanol–water partition coefficient (Wildman–Crippen LogP) is -0.183. The van der Waals surface area contributed by atoms with Crippen LogP contribution in [0.2, 0.25) is 0 Å². The van der Waals surface area contributed by atoms with E-state index in [1.165, 1.54) is 0 Å². The molecule has 0 aliphatic carbocycles. The predicted molar refractivity (Wildman–Crippen MR) is 22.3 cm³/mol. The van der Waals surface area contributed by atoms with Crippen molar-refractivity contribution in [1.29, 1.82) is 0 Å². The molecule has 7 heavy (non-hydrogen) atoms. The van der Waals surface area contributed by atoms with Crippen LogP contribution in [0.1, 0.15) is 6.42 Å². The Kier molecular flexibility index (Phi) is 3.50. The molecule has 3 heteroatoms. The molecule has 0 aliphatic heterocycles. The number of aliphatic hydroxyl groups excluding tert-OH is 1. The summed E-state index contributed by atoms with van der Waals surface area (Å²) in [6.07, 6.45) is -0.653. The van der Waals surface area contributed by atoms with Crippen LogP contribution in [0.4, 0.5) is 4.39 Å². The highest BCUT2D eigenvalue weighted by atomic mass is 19.1. The van der Waals surface area contributed by atoms with Crippen molar-refractivity contribution < 1.29 is 14.3 Å². The number of aliphatic hydroxyl groups is 1. The van der Waals surface area contributed by atoms with Gasteiger partial charge in [-0.25, -0.2) is 4.39 Å². The van der Waals surface area contributed by atoms with Crippen molar-refractivity contribution in [2.45, 2.75) is 12.6 Å². The van der Waals surface area contributed by atoms with Crippen molar-refractivity contribution in [2.75, 3.05) is 6.61 Å². The first kappa shape index (κ1) is 6.56. The Morgan fingerprint density at radius 1 is 1.86 bits per heavy atom. The Hall–Kier alpha value is -0.440. The third-order valence-corrected chi connectivity index (χ3v) is 0.510. The zero-order chi connectivity index (χ0) is 5.70. The number of hydrogen-bond acceptors (Lipinski definition) is 2. The zero-order valence-corrected chi connectivity index (χ0v) is 3.72.